The molecule has 3 aromatic carbocycles. The van der Waals surface area contributed by atoms with Crippen molar-refractivity contribution in [2.75, 3.05) is 19.6 Å². The summed E-state index contributed by atoms with van der Waals surface area (Å²) in [4.78, 5) is 18.2. The fourth-order valence-corrected chi connectivity index (χ4v) is 4.76. The van der Waals surface area contributed by atoms with Gasteiger partial charge in [-0.05, 0) is 54.5 Å². The van der Waals surface area contributed by atoms with Gasteiger partial charge in [-0.15, -0.1) is 0 Å². The first kappa shape index (κ1) is 23.0. The van der Waals surface area contributed by atoms with Gasteiger partial charge in [0.1, 0.15) is 0 Å². The number of hydrogen-bond donors (Lipinski definition) is 0. The molecule has 1 atom stereocenters. The smallest absolute Gasteiger partial charge is 0.240 e. The number of piperazine rings is 1. The van der Waals surface area contributed by atoms with Gasteiger partial charge in [0, 0.05) is 26.2 Å². The molecule has 0 aliphatic carbocycles. The van der Waals surface area contributed by atoms with Crippen molar-refractivity contribution < 1.29 is 4.79 Å². The zero-order chi connectivity index (χ0) is 23.0. The summed E-state index contributed by atoms with van der Waals surface area (Å²) >= 11 is 0. The quantitative estimate of drug-likeness (QED) is 0.447. The number of rotatable bonds is 8. The summed E-state index contributed by atoms with van der Waals surface area (Å²) in [6.45, 7) is 7.48. The van der Waals surface area contributed by atoms with Crippen LogP contribution in [0.5, 0.6) is 0 Å². The molecule has 1 fully saturated rings. The van der Waals surface area contributed by atoms with E-state index in [9.17, 15) is 4.79 Å². The average Bonchev–Trinajstić information content (AvgIpc) is 2.85. The van der Waals surface area contributed by atoms with E-state index in [1.54, 1.807) is 0 Å². The second-order valence-corrected chi connectivity index (χ2v) is 8.87. The molecule has 0 spiro atoms. The van der Waals surface area contributed by atoms with Crippen LogP contribution in [-0.4, -0.2) is 41.4 Å². The first-order chi connectivity index (χ1) is 16.2. The molecule has 0 aromatic heterocycles. The van der Waals surface area contributed by atoms with Gasteiger partial charge in [0.15, 0.2) is 0 Å². The third-order valence-electron chi connectivity index (χ3n) is 6.69. The number of benzene rings is 3. The number of carbonyl (C=O) groups is 1. The molecular formula is C30H34N2O. The maximum absolute atomic E-state index is 13.8. The summed E-state index contributed by atoms with van der Waals surface area (Å²) in [5.41, 5.74) is 6.28. The zero-order valence-corrected chi connectivity index (χ0v) is 19.8. The molecule has 1 heterocycles. The lowest BCUT2D eigenvalue weighted by Gasteiger charge is -2.41. The van der Waals surface area contributed by atoms with Gasteiger partial charge in [0.05, 0.1) is 6.04 Å². The van der Waals surface area contributed by atoms with Gasteiger partial charge >= 0.3 is 0 Å². The van der Waals surface area contributed by atoms with Crippen molar-refractivity contribution in [3.8, 4) is 0 Å². The summed E-state index contributed by atoms with van der Waals surface area (Å²) in [5, 5.41) is 0. The topological polar surface area (TPSA) is 23.6 Å². The summed E-state index contributed by atoms with van der Waals surface area (Å²) in [5.74, 6) is 0.251. The Hall–Kier alpha value is -3.17. The minimum absolute atomic E-state index is 0.152. The third-order valence-corrected chi connectivity index (χ3v) is 6.69. The van der Waals surface area contributed by atoms with Crippen molar-refractivity contribution in [3.63, 3.8) is 0 Å². The Labute approximate surface area is 198 Å². The Balaban J connectivity index is 1.55. The summed E-state index contributed by atoms with van der Waals surface area (Å²) in [6.07, 6.45) is 3.81. The third kappa shape index (κ3) is 5.80. The molecule has 33 heavy (non-hydrogen) atoms. The van der Waals surface area contributed by atoms with Crippen LogP contribution in [0, 0.1) is 6.92 Å². The molecule has 0 saturated carbocycles. The molecule has 3 aromatic rings. The van der Waals surface area contributed by atoms with E-state index in [2.05, 4.69) is 103 Å². The van der Waals surface area contributed by atoms with Crippen molar-refractivity contribution in [1.29, 1.82) is 0 Å². The maximum atomic E-state index is 13.8. The molecule has 1 aliphatic heterocycles. The Bertz CT molecular complexity index is 1070. The molecule has 1 saturated heterocycles. The lowest BCUT2D eigenvalue weighted by molar-refractivity contribution is -0.141. The molecule has 3 nitrogen and oxygen atoms in total. The van der Waals surface area contributed by atoms with E-state index in [0.29, 0.717) is 0 Å². The highest BCUT2D eigenvalue weighted by Gasteiger charge is 2.35. The van der Waals surface area contributed by atoms with Crippen molar-refractivity contribution >= 4 is 11.5 Å². The summed E-state index contributed by atoms with van der Waals surface area (Å²) < 4.78 is 0. The molecule has 0 radical (unpaired) electrons. The predicted molar refractivity (Wildman–Crippen MR) is 137 cm³/mol. The van der Waals surface area contributed by atoms with Crippen LogP contribution in [0.4, 0.5) is 0 Å². The molecular weight excluding hydrogens is 404 g/mol. The van der Waals surface area contributed by atoms with Crippen molar-refractivity contribution in [2.24, 2.45) is 0 Å². The highest BCUT2D eigenvalue weighted by Crippen LogP contribution is 2.28. The number of carbonyl (C=O) groups excluding carboxylic acids is 1. The fourth-order valence-electron chi connectivity index (χ4n) is 4.76. The van der Waals surface area contributed by atoms with Crippen LogP contribution in [0.2, 0.25) is 0 Å². The van der Waals surface area contributed by atoms with E-state index in [4.69, 9.17) is 0 Å². The monoisotopic (exact) mass is 438 g/mol. The highest BCUT2D eigenvalue weighted by atomic mass is 16.2. The Morgan fingerprint density at radius 2 is 1.52 bits per heavy atom. The minimum atomic E-state index is -0.152. The summed E-state index contributed by atoms with van der Waals surface area (Å²) in [7, 11) is 0. The first-order valence-electron chi connectivity index (χ1n) is 12.0. The Kier molecular flexibility index (Phi) is 7.74. The van der Waals surface area contributed by atoms with E-state index in [0.717, 1.165) is 39.0 Å². The van der Waals surface area contributed by atoms with Gasteiger partial charge in [-0.25, -0.2) is 0 Å². The zero-order valence-electron chi connectivity index (χ0n) is 19.8. The standard InChI is InChI=1S/C30H34N2O/c1-3-27(28-17-11-10-12-24(28)2)22-29-30(33)31(19-18-25-13-6-4-7-14-25)20-21-32(29)23-26-15-8-5-9-16-26/h3-17,29H,18-23H2,1-2H3/b27-3-. The molecule has 3 heteroatoms. The van der Waals surface area contributed by atoms with Gasteiger partial charge in [0.25, 0.3) is 0 Å². The van der Waals surface area contributed by atoms with Gasteiger partial charge < -0.3 is 4.90 Å². The molecule has 0 bridgehead atoms. The number of aryl methyl sites for hydroxylation is 1. The minimum Gasteiger partial charge on any atom is -0.340 e. The Morgan fingerprint density at radius 1 is 0.879 bits per heavy atom. The number of nitrogens with zero attached hydrogens (tertiary/aromatic N) is 2. The van der Waals surface area contributed by atoms with Crippen LogP contribution in [0.25, 0.3) is 5.57 Å². The predicted octanol–water partition coefficient (Wildman–Crippen LogP) is 5.74. The molecule has 0 N–H and O–H groups in total. The van der Waals surface area contributed by atoms with E-state index >= 15 is 0 Å². The Morgan fingerprint density at radius 3 is 2.18 bits per heavy atom. The molecule has 1 unspecified atom stereocenters. The largest absolute Gasteiger partial charge is 0.340 e. The van der Waals surface area contributed by atoms with Crippen LogP contribution >= 0.6 is 0 Å². The average molecular weight is 439 g/mol. The molecule has 1 aliphatic rings. The fraction of sp³-hybridized carbons (Fsp3) is 0.300. The van der Waals surface area contributed by atoms with E-state index < -0.39 is 0 Å². The van der Waals surface area contributed by atoms with Gasteiger partial charge in [-0.1, -0.05) is 91.0 Å². The molecule has 1 amide bonds. The van der Waals surface area contributed by atoms with Crippen molar-refractivity contribution in [2.45, 2.75) is 39.3 Å². The second-order valence-electron chi connectivity index (χ2n) is 8.87. The van der Waals surface area contributed by atoms with Crippen LogP contribution in [0.1, 0.15) is 35.6 Å². The second kappa shape index (κ2) is 11.1. The van der Waals surface area contributed by atoms with Crippen LogP contribution < -0.4 is 0 Å². The molecule has 4 rings (SSSR count). The van der Waals surface area contributed by atoms with Gasteiger partial charge in [0.2, 0.25) is 5.91 Å². The van der Waals surface area contributed by atoms with Crippen molar-refractivity contribution in [1.82, 2.24) is 9.80 Å². The van der Waals surface area contributed by atoms with Gasteiger partial charge in [-0.3, -0.25) is 9.69 Å². The van der Waals surface area contributed by atoms with Gasteiger partial charge in [-0.2, -0.15) is 0 Å². The van der Waals surface area contributed by atoms with Crippen LogP contribution in [0.3, 0.4) is 0 Å². The van der Waals surface area contributed by atoms with Crippen LogP contribution in [0.15, 0.2) is 91.0 Å². The van der Waals surface area contributed by atoms with Crippen LogP contribution in [-0.2, 0) is 17.8 Å². The number of allylic oxidation sites excluding steroid dienone is 1. The lowest BCUT2D eigenvalue weighted by atomic mass is 9.92. The number of hydrogen-bond acceptors (Lipinski definition) is 2. The lowest BCUT2D eigenvalue weighted by Crippen LogP contribution is -2.57. The van der Waals surface area contributed by atoms with Crippen molar-refractivity contribution in [3.05, 3.63) is 113 Å². The first-order valence-corrected chi connectivity index (χ1v) is 12.0. The maximum Gasteiger partial charge on any atom is 0.240 e. The normalized spacial score (nSPS) is 17.4. The summed E-state index contributed by atoms with van der Waals surface area (Å²) in [6, 6.07) is 29.3. The SMILES string of the molecule is C/C=C(/CC1C(=O)N(CCc2ccccc2)CCN1Cc1ccccc1)c1ccccc1C. The van der Waals surface area contributed by atoms with E-state index in [1.165, 1.54) is 27.8 Å². The molecule has 170 valence electrons. The highest BCUT2D eigenvalue weighted by molar-refractivity contribution is 5.85. The van der Waals surface area contributed by atoms with E-state index in [-0.39, 0.29) is 11.9 Å². The number of amides is 1. The van der Waals surface area contributed by atoms with E-state index in [1.807, 2.05) is 12.1 Å².